The average molecular weight is 434 g/mol. The Kier molecular flexibility index (Phi) is 5.71. The fraction of sp³-hybridized carbons (Fsp3) is 0.400. The van der Waals surface area contributed by atoms with Gasteiger partial charge in [-0.15, -0.1) is 11.3 Å². The van der Waals surface area contributed by atoms with E-state index in [4.69, 9.17) is 0 Å². The largest absolute Gasteiger partial charge is 0.347 e. The van der Waals surface area contributed by atoms with Crippen LogP contribution in [0.3, 0.4) is 0 Å². The summed E-state index contributed by atoms with van der Waals surface area (Å²) < 4.78 is 24.3. The summed E-state index contributed by atoms with van der Waals surface area (Å²) in [5.74, 6) is -0.408. The van der Waals surface area contributed by atoms with Crippen LogP contribution in [0.5, 0.6) is 0 Å². The molecule has 0 aliphatic carbocycles. The van der Waals surface area contributed by atoms with Gasteiger partial charge in [-0.05, 0) is 61.6 Å². The molecule has 2 fully saturated rings. The molecule has 2 N–H and O–H groups in total. The zero-order valence-electron chi connectivity index (χ0n) is 15.8. The molecule has 2 amide bonds. The minimum Gasteiger partial charge on any atom is -0.347 e. The highest BCUT2D eigenvalue weighted by Crippen LogP contribution is 2.23. The number of carbonyl (C=O) groups is 2. The number of nitrogens with one attached hydrogen (secondary N) is 2. The van der Waals surface area contributed by atoms with E-state index in [2.05, 4.69) is 15.5 Å². The first-order chi connectivity index (χ1) is 13.9. The Bertz CT molecular complexity index is 981. The number of anilines is 1. The van der Waals surface area contributed by atoms with E-state index in [0.29, 0.717) is 16.1 Å². The van der Waals surface area contributed by atoms with Crippen LogP contribution in [-0.4, -0.2) is 61.8 Å². The predicted molar refractivity (Wildman–Crippen MR) is 113 cm³/mol. The second-order valence-corrected chi connectivity index (χ2v) is 10.6. The fourth-order valence-electron chi connectivity index (χ4n) is 3.96. The molecular weight excluding hydrogens is 410 g/mol. The first kappa shape index (κ1) is 20.1. The van der Waals surface area contributed by atoms with Gasteiger partial charge in [-0.2, -0.15) is 0 Å². The molecule has 0 saturated carbocycles. The van der Waals surface area contributed by atoms with Crippen molar-refractivity contribution in [3.8, 4) is 0 Å². The smallest absolute Gasteiger partial charge is 0.265 e. The van der Waals surface area contributed by atoms with Crippen molar-refractivity contribution in [1.82, 2.24) is 10.2 Å². The lowest BCUT2D eigenvalue weighted by Crippen LogP contribution is -2.50. The summed E-state index contributed by atoms with van der Waals surface area (Å²) in [6.07, 6.45) is 2.13. The van der Waals surface area contributed by atoms with E-state index in [1.165, 1.54) is 11.3 Å². The molecular formula is C20H23N3O4S2. The van der Waals surface area contributed by atoms with Gasteiger partial charge in [-0.1, -0.05) is 6.07 Å². The molecule has 4 rings (SSSR count). The number of carbonyl (C=O) groups excluding carboxylic acids is 2. The van der Waals surface area contributed by atoms with E-state index < -0.39 is 15.9 Å². The van der Waals surface area contributed by atoms with Crippen molar-refractivity contribution in [1.29, 1.82) is 0 Å². The second kappa shape index (κ2) is 8.25. The summed E-state index contributed by atoms with van der Waals surface area (Å²) >= 11 is 1.36. The number of rotatable bonds is 5. The Balaban J connectivity index is 1.40. The molecule has 1 aromatic heterocycles. The summed E-state index contributed by atoms with van der Waals surface area (Å²) in [5.41, 5.74) is 1.03. The van der Waals surface area contributed by atoms with E-state index in [1.807, 2.05) is 11.4 Å². The van der Waals surface area contributed by atoms with E-state index in [-0.39, 0.29) is 29.4 Å². The predicted octanol–water partition coefficient (Wildman–Crippen LogP) is 1.99. The van der Waals surface area contributed by atoms with Crippen molar-refractivity contribution in [2.75, 3.05) is 29.9 Å². The van der Waals surface area contributed by atoms with Crippen LogP contribution >= 0.6 is 11.3 Å². The zero-order chi connectivity index (χ0) is 20.4. The Labute approximate surface area is 174 Å². The van der Waals surface area contributed by atoms with Crippen LogP contribution in [-0.2, 0) is 9.84 Å². The van der Waals surface area contributed by atoms with Gasteiger partial charge in [-0.25, -0.2) is 8.42 Å². The van der Waals surface area contributed by atoms with Gasteiger partial charge in [0.1, 0.15) is 0 Å². The molecule has 2 unspecified atom stereocenters. The lowest BCUT2D eigenvalue weighted by Gasteiger charge is -2.28. The molecule has 7 nitrogen and oxygen atoms in total. The number of benzene rings is 1. The highest BCUT2D eigenvalue weighted by Gasteiger charge is 2.42. The van der Waals surface area contributed by atoms with Crippen molar-refractivity contribution in [3.05, 3.63) is 52.2 Å². The van der Waals surface area contributed by atoms with Gasteiger partial charge >= 0.3 is 0 Å². The molecule has 2 aliphatic heterocycles. The normalized spacial score (nSPS) is 23.7. The molecule has 0 radical (unpaired) electrons. The van der Waals surface area contributed by atoms with Gasteiger partial charge < -0.3 is 10.6 Å². The molecule has 154 valence electrons. The van der Waals surface area contributed by atoms with Gasteiger partial charge in [-0.3, -0.25) is 14.5 Å². The van der Waals surface area contributed by atoms with E-state index in [9.17, 15) is 18.0 Å². The Hall–Kier alpha value is -2.23. The maximum Gasteiger partial charge on any atom is 0.265 e. The van der Waals surface area contributed by atoms with E-state index in [0.717, 1.165) is 25.9 Å². The molecule has 2 aliphatic rings. The number of hydrogen-bond acceptors (Lipinski definition) is 6. The fourth-order valence-corrected chi connectivity index (χ4v) is 6.53. The molecule has 1 aromatic carbocycles. The van der Waals surface area contributed by atoms with Gasteiger partial charge in [0.25, 0.3) is 11.8 Å². The van der Waals surface area contributed by atoms with Crippen LogP contribution in [0, 0.1) is 0 Å². The molecule has 29 heavy (non-hydrogen) atoms. The molecule has 2 atom stereocenters. The summed E-state index contributed by atoms with van der Waals surface area (Å²) in [5, 5.41) is 7.54. The summed E-state index contributed by atoms with van der Waals surface area (Å²) in [6.45, 7) is 1.76. The molecule has 0 spiro atoms. The maximum atomic E-state index is 12.7. The van der Waals surface area contributed by atoms with E-state index >= 15 is 0 Å². The third kappa shape index (κ3) is 4.68. The van der Waals surface area contributed by atoms with Gasteiger partial charge in [0.15, 0.2) is 9.84 Å². The quantitative estimate of drug-likeness (QED) is 0.752. The molecule has 3 heterocycles. The monoisotopic (exact) mass is 433 g/mol. The number of nitrogens with zero attached hydrogens (tertiary/aromatic N) is 1. The van der Waals surface area contributed by atoms with Crippen LogP contribution in [0.25, 0.3) is 0 Å². The number of sulfone groups is 1. The highest BCUT2D eigenvalue weighted by molar-refractivity contribution is 7.91. The second-order valence-electron chi connectivity index (χ2n) is 7.48. The lowest BCUT2D eigenvalue weighted by atomic mass is 10.1. The number of thiophene rings is 1. The molecule has 9 heteroatoms. The van der Waals surface area contributed by atoms with Gasteiger partial charge in [0.05, 0.1) is 22.4 Å². The topological polar surface area (TPSA) is 95.6 Å². The first-order valence-electron chi connectivity index (χ1n) is 9.61. The minimum absolute atomic E-state index is 0.0190. The summed E-state index contributed by atoms with van der Waals surface area (Å²) in [4.78, 5) is 27.6. The number of likely N-dealkylation sites (tertiary alicyclic amines) is 1. The van der Waals surface area contributed by atoms with Crippen molar-refractivity contribution in [2.45, 2.75) is 24.9 Å². The van der Waals surface area contributed by atoms with Crippen molar-refractivity contribution in [2.24, 2.45) is 0 Å². The Morgan fingerprint density at radius 3 is 2.38 bits per heavy atom. The van der Waals surface area contributed by atoms with Gasteiger partial charge in [0, 0.05) is 17.3 Å². The molecule has 0 bridgehead atoms. The first-order valence-corrected chi connectivity index (χ1v) is 12.3. The van der Waals surface area contributed by atoms with Crippen LogP contribution < -0.4 is 10.6 Å². The summed E-state index contributed by atoms with van der Waals surface area (Å²) in [6, 6.07) is 9.61. The van der Waals surface area contributed by atoms with Crippen molar-refractivity contribution in [3.63, 3.8) is 0 Å². The third-order valence-corrected chi connectivity index (χ3v) is 7.98. The van der Waals surface area contributed by atoms with Crippen LogP contribution in [0.2, 0.25) is 0 Å². The summed E-state index contributed by atoms with van der Waals surface area (Å²) in [7, 11) is -3.15. The maximum absolute atomic E-state index is 12.7. The molecule has 2 aromatic rings. The SMILES string of the molecule is O=C(NC1CS(=O)(=O)CC1N1CCCC1)c1ccc(NC(=O)c2cccs2)cc1. The van der Waals surface area contributed by atoms with Crippen LogP contribution in [0.1, 0.15) is 32.9 Å². The van der Waals surface area contributed by atoms with E-state index in [1.54, 1.807) is 30.3 Å². The highest BCUT2D eigenvalue weighted by atomic mass is 32.2. The average Bonchev–Trinajstić information content (AvgIpc) is 3.43. The third-order valence-electron chi connectivity index (χ3n) is 5.40. The van der Waals surface area contributed by atoms with Crippen molar-refractivity contribution < 1.29 is 18.0 Å². The number of hydrogen-bond donors (Lipinski definition) is 2. The Morgan fingerprint density at radius 2 is 1.72 bits per heavy atom. The van der Waals surface area contributed by atoms with Gasteiger partial charge in [0.2, 0.25) is 0 Å². The lowest BCUT2D eigenvalue weighted by molar-refractivity contribution is 0.0918. The Morgan fingerprint density at radius 1 is 1.00 bits per heavy atom. The number of amides is 2. The van der Waals surface area contributed by atoms with Crippen LogP contribution in [0.15, 0.2) is 41.8 Å². The standard InChI is InChI=1S/C20H23N3O4S2/c24-19(22-16-12-29(26,27)13-17(16)23-9-1-2-10-23)14-5-7-15(8-6-14)21-20(25)18-4-3-11-28-18/h3-8,11,16-17H,1-2,9-10,12-13H2,(H,21,25)(H,22,24). The van der Waals surface area contributed by atoms with Crippen LogP contribution in [0.4, 0.5) is 5.69 Å². The van der Waals surface area contributed by atoms with Crippen molar-refractivity contribution >= 4 is 38.7 Å². The zero-order valence-corrected chi connectivity index (χ0v) is 17.5. The minimum atomic E-state index is -3.15. The molecule has 2 saturated heterocycles.